The molecular weight excluding hydrogens is 336 g/mol. The van der Waals surface area contributed by atoms with Gasteiger partial charge in [-0.15, -0.1) is 11.3 Å². The molecule has 0 saturated carbocycles. The molecule has 23 heavy (non-hydrogen) atoms. The van der Waals surface area contributed by atoms with Crippen molar-refractivity contribution in [2.24, 2.45) is 0 Å². The van der Waals surface area contributed by atoms with Gasteiger partial charge in [0.05, 0.1) is 28.2 Å². The smallest absolute Gasteiger partial charge is 0.216 e. The lowest BCUT2D eigenvalue weighted by Crippen LogP contribution is -2.49. The van der Waals surface area contributed by atoms with Crippen LogP contribution in [0.25, 0.3) is 10.2 Å². The summed E-state index contributed by atoms with van der Waals surface area (Å²) < 4.78 is 33.0. The van der Waals surface area contributed by atoms with Gasteiger partial charge in [-0.3, -0.25) is 0 Å². The first-order chi connectivity index (χ1) is 11.0. The highest BCUT2D eigenvalue weighted by Gasteiger charge is 2.30. The van der Waals surface area contributed by atoms with Crippen molar-refractivity contribution >= 4 is 37.4 Å². The summed E-state index contributed by atoms with van der Waals surface area (Å²) in [5.41, 5.74) is 0.867. The summed E-state index contributed by atoms with van der Waals surface area (Å²) >= 11 is 1.54. The highest BCUT2D eigenvalue weighted by Crippen LogP contribution is 2.24. The Bertz CT molecular complexity index is 767. The second-order valence-corrected chi connectivity index (χ2v) is 8.68. The minimum absolute atomic E-state index is 0.0311. The Morgan fingerprint density at radius 2 is 2.09 bits per heavy atom. The molecule has 0 spiro atoms. The first-order valence-electron chi connectivity index (χ1n) is 7.51. The van der Waals surface area contributed by atoms with Crippen LogP contribution in [0.1, 0.15) is 13.8 Å². The molecule has 1 aliphatic rings. The van der Waals surface area contributed by atoms with E-state index in [1.54, 1.807) is 0 Å². The number of fused-ring (bicyclic) bond motifs is 1. The van der Waals surface area contributed by atoms with Gasteiger partial charge in [0.1, 0.15) is 12.1 Å². The molecule has 0 bridgehead atoms. The number of hydrogen-bond donors (Lipinski definition) is 1. The first-order valence-corrected chi connectivity index (χ1v) is 10.00. The maximum Gasteiger partial charge on any atom is 0.216 e. The Labute approximate surface area is 139 Å². The van der Waals surface area contributed by atoms with Crippen LogP contribution < -0.4 is 5.32 Å². The van der Waals surface area contributed by atoms with Gasteiger partial charge in [0.25, 0.3) is 0 Å². The van der Waals surface area contributed by atoms with Crippen LogP contribution >= 0.6 is 11.3 Å². The van der Waals surface area contributed by atoms with Crippen molar-refractivity contribution in [1.29, 1.82) is 0 Å². The summed E-state index contributed by atoms with van der Waals surface area (Å²) in [6.07, 6.45) is 1.33. The Morgan fingerprint density at radius 3 is 2.83 bits per heavy atom. The van der Waals surface area contributed by atoms with Gasteiger partial charge in [0.15, 0.2) is 0 Å². The molecule has 1 fully saturated rings. The molecule has 2 unspecified atom stereocenters. The standard InChI is InChI=1S/C14H20N4O3S2/c1-10-7-18(8-11(2)21-10)23(19,20)6-4-15-14-13-12(3-5-22-13)16-9-17-14/h3,5,9-11H,4,6-8H2,1-2H3,(H,15,16,17). The van der Waals surface area contributed by atoms with E-state index in [9.17, 15) is 8.42 Å². The van der Waals surface area contributed by atoms with Crippen LogP contribution in [0.15, 0.2) is 17.8 Å². The third-order valence-electron chi connectivity index (χ3n) is 3.68. The summed E-state index contributed by atoms with van der Waals surface area (Å²) in [5, 5.41) is 5.06. The van der Waals surface area contributed by atoms with Crippen LogP contribution in [0, 0.1) is 0 Å². The van der Waals surface area contributed by atoms with Crippen molar-refractivity contribution in [3.63, 3.8) is 0 Å². The minimum Gasteiger partial charge on any atom is -0.373 e. The summed E-state index contributed by atoms with van der Waals surface area (Å²) in [5.74, 6) is 0.715. The predicted molar refractivity (Wildman–Crippen MR) is 91.3 cm³/mol. The Balaban J connectivity index is 1.62. The maximum absolute atomic E-state index is 12.5. The highest BCUT2D eigenvalue weighted by molar-refractivity contribution is 7.89. The van der Waals surface area contributed by atoms with E-state index in [0.29, 0.717) is 25.5 Å². The zero-order chi connectivity index (χ0) is 16.4. The lowest BCUT2D eigenvalue weighted by atomic mass is 10.3. The highest BCUT2D eigenvalue weighted by atomic mass is 32.2. The molecule has 9 heteroatoms. The third kappa shape index (κ3) is 3.79. The molecule has 126 valence electrons. The van der Waals surface area contributed by atoms with Gasteiger partial charge in [-0.2, -0.15) is 4.31 Å². The number of sulfonamides is 1. The number of anilines is 1. The summed E-state index contributed by atoms with van der Waals surface area (Å²) in [4.78, 5) is 8.36. The lowest BCUT2D eigenvalue weighted by Gasteiger charge is -2.34. The minimum atomic E-state index is -3.31. The van der Waals surface area contributed by atoms with E-state index in [1.165, 1.54) is 22.0 Å². The number of nitrogens with one attached hydrogen (secondary N) is 1. The molecule has 3 rings (SSSR count). The first kappa shape index (κ1) is 16.6. The van der Waals surface area contributed by atoms with E-state index in [0.717, 1.165) is 10.2 Å². The zero-order valence-corrected chi connectivity index (χ0v) is 14.7. The Hall–Kier alpha value is -1.29. The number of thiophene rings is 1. The lowest BCUT2D eigenvalue weighted by molar-refractivity contribution is -0.0440. The van der Waals surface area contributed by atoms with Gasteiger partial charge in [-0.1, -0.05) is 0 Å². The van der Waals surface area contributed by atoms with Gasteiger partial charge in [-0.25, -0.2) is 18.4 Å². The van der Waals surface area contributed by atoms with E-state index < -0.39 is 10.0 Å². The van der Waals surface area contributed by atoms with Crippen LogP contribution in [-0.4, -0.2) is 60.3 Å². The van der Waals surface area contributed by atoms with Crippen LogP contribution in [0.3, 0.4) is 0 Å². The van der Waals surface area contributed by atoms with Crippen molar-refractivity contribution < 1.29 is 13.2 Å². The monoisotopic (exact) mass is 356 g/mol. The number of nitrogens with zero attached hydrogens (tertiary/aromatic N) is 3. The van der Waals surface area contributed by atoms with Crippen molar-refractivity contribution in [2.75, 3.05) is 30.7 Å². The molecule has 1 saturated heterocycles. The number of morpholine rings is 1. The topological polar surface area (TPSA) is 84.4 Å². The van der Waals surface area contributed by atoms with Crippen molar-refractivity contribution in [2.45, 2.75) is 26.1 Å². The average Bonchev–Trinajstić information content (AvgIpc) is 2.95. The molecule has 0 aliphatic carbocycles. The fourth-order valence-corrected chi connectivity index (χ4v) is 5.00. The fourth-order valence-electron chi connectivity index (χ4n) is 2.70. The van der Waals surface area contributed by atoms with Crippen LogP contribution in [0.5, 0.6) is 0 Å². The molecule has 3 heterocycles. The molecule has 2 atom stereocenters. The Kier molecular flexibility index (Phi) is 4.81. The quantitative estimate of drug-likeness (QED) is 0.875. The second-order valence-electron chi connectivity index (χ2n) is 5.67. The van der Waals surface area contributed by atoms with Gasteiger partial charge in [0, 0.05) is 19.6 Å². The fraction of sp³-hybridized carbons (Fsp3) is 0.571. The Morgan fingerprint density at radius 1 is 1.35 bits per heavy atom. The zero-order valence-electron chi connectivity index (χ0n) is 13.1. The molecule has 2 aromatic rings. The average molecular weight is 356 g/mol. The molecule has 1 aliphatic heterocycles. The SMILES string of the molecule is CC1CN(S(=O)(=O)CCNc2ncnc3ccsc23)CC(C)O1. The number of rotatable bonds is 5. The van der Waals surface area contributed by atoms with E-state index in [2.05, 4.69) is 15.3 Å². The number of hydrogen-bond acceptors (Lipinski definition) is 7. The largest absolute Gasteiger partial charge is 0.373 e. The van der Waals surface area contributed by atoms with Crippen LogP contribution in [-0.2, 0) is 14.8 Å². The molecular formula is C14H20N4O3S2. The normalized spacial score (nSPS) is 23.2. The van der Waals surface area contributed by atoms with Gasteiger partial charge >= 0.3 is 0 Å². The van der Waals surface area contributed by atoms with E-state index in [4.69, 9.17) is 4.74 Å². The van der Waals surface area contributed by atoms with Crippen LogP contribution in [0.2, 0.25) is 0 Å². The van der Waals surface area contributed by atoms with Crippen molar-refractivity contribution in [3.05, 3.63) is 17.8 Å². The van der Waals surface area contributed by atoms with Crippen LogP contribution in [0.4, 0.5) is 5.82 Å². The summed E-state index contributed by atoms with van der Waals surface area (Å²) in [6.45, 7) is 4.92. The number of aromatic nitrogens is 2. The van der Waals surface area contributed by atoms with E-state index in [1.807, 2.05) is 25.3 Å². The summed E-state index contributed by atoms with van der Waals surface area (Å²) in [6, 6.07) is 1.92. The predicted octanol–water partition coefficient (Wildman–Crippen LogP) is 1.54. The van der Waals surface area contributed by atoms with E-state index in [-0.39, 0.29) is 18.0 Å². The molecule has 1 N–H and O–H groups in total. The second kappa shape index (κ2) is 6.68. The maximum atomic E-state index is 12.5. The van der Waals surface area contributed by atoms with Crippen molar-refractivity contribution in [1.82, 2.24) is 14.3 Å². The molecule has 2 aromatic heterocycles. The van der Waals surface area contributed by atoms with E-state index >= 15 is 0 Å². The molecule has 0 amide bonds. The third-order valence-corrected chi connectivity index (χ3v) is 6.39. The molecule has 0 radical (unpaired) electrons. The summed E-state index contributed by atoms with van der Waals surface area (Å²) in [7, 11) is -3.31. The van der Waals surface area contributed by atoms with Gasteiger partial charge in [0.2, 0.25) is 10.0 Å². The van der Waals surface area contributed by atoms with Gasteiger partial charge in [-0.05, 0) is 25.3 Å². The van der Waals surface area contributed by atoms with Crippen molar-refractivity contribution in [3.8, 4) is 0 Å². The molecule has 0 aromatic carbocycles. The molecule has 7 nitrogen and oxygen atoms in total. The number of ether oxygens (including phenoxy) is 1. The van der Waals surface area contributed by atoms with Gasteiger partial charge < -0.3 is 10.1 Å².